The van der Waals surface area contributed by atoms with E-state index in [1.54, 1.807) is 24.1 Å². The van der Waals surface area contributed by atoms with Gasteiger partial charge in [0.15, 0.2) is 11.4 Å². The highest BCUT2D eigenvalue weighted by molar-refractivity contribution is 5.56. The summed E-state index contributed by atoms with van der Waals surface area (Å²) in [7, 11) is 3.27. The van der Waals surface area contributed by atoms with Gasteiger partial charge in [0, 0.05) is 7.05 Å². The molecule has 0 spiro atoms. The quantitative estimate of drug-likeness (QED) is 0.816. The third-order valence-electron chi connectivity index (χ3n) is 1.90. The van der Waals surface area contributed by atoms with E-state index in [4.69, 9.17) is 15.2 Å². The van der Waals surface area contributed by atoms with E-state index < -0.39 is 0 Å². The molecule has 0 aromatic carbocycles. The number of methoxy groups -OCH3 is 1. The van der Waals surface area contributed by atoms with E-state index in [2.05, 4.69) is 15.1 Å². The van der Waals surface area contributed by atoms with Crippen LogP contribution in [0.25, 0.3) is 0 Å². The Bertz CT molecular complexity index is 496. The van der Waals surface area contributed by atoms with E-state index in [1.807, 2.05) is 0 Å². The van der Waals surface area contributed by atoms with Crippen LogP contribution < -0.4 is 15.2 Å². The molecule has 2 N–H and O–H groups in total. The molecule has 0 atom stereocenters. The first-order valence-corrected chi connectivity index (χ1v) is 4.51. The number of anilines is 1. The first-order valence-electron chi connectivity index (χ1n) is 4.51. The second kappa shape index (κ2) is 4.05. The van der Waals surface area contributed by atoms with Crippen molar-refractivity contribution in [2.24, 2.45) is 7.05 Å². The number of hydrogen-bond acceptors (Lipinski definition) is 6. The fourth-order valence-corrected chi connectivity index (χ4v) is 1.17. The minimum atomic E-state index is 0.250. The monoisotopic (exact) mass is 221 g/mol. The lowest BCUT2D eigenvalue weighted by molar-refractivity contribution is 0.391. The van der Waals surface area contributed by atoms with Crippen LogP contribution in [0.4, 0.5) is 5.69 Å². The van der Waals surface area contributed by atoms with Crippen LogP contribution in [0.1, 0.15) is 0 Å². The highest BCUT2D eigenvalue weighted by Gasteiger charge is 2.10. The van der Waals surface area contributed by atoms with Crippen LogP contribution in [0.2, 0.25) is 0 Å². The number of nitrogens with two attached hydrogens (primary N) is 1. The van der Waals surface area contributed by atoms with Crippen LogP contribution in [-0.2, 0) is 7.05 Å². The molecule has 0 bridgehead atoms. The molecule has 0 saturated carbocycles. The Morgan fingerprint density at radius 1 is 1.31 bits per heavy atom. The molecule has 16 heavy (non-hydrogen) atoms. The Balaban J connectivity index is 2.28. The zero-order valence-electron chi connectivity index (χ0n) is 8.91. The molecule has 0 saturated heterocycles. The molecule has 0 aliphatic rings. The van der Waals surface area contributed by atoms with Crippen molar-refractivity contribution in [3.8, 4) is 17.5 Å². The average molecular weight is 221 g/mol. The van der Waals surface area contributed by atoms with E-state index in [9.17, 15) is 0 Å². The van der Waals surface area contributed by atoms with Gasteiger partial charge < -0.3 is 15.2 Å². The summed E-state index contributed by atoms with van der Waals surface area (Å²) in [6.45, 7) is 0. The Kier molecular flexibility index (Phi) is 2.59. The van der Waals surface area contributed by atoms with Gasteiger partial charge in [0.25, 0.3) is 0 Å². The first-order chi connectivity index (χ1) is 7.70. The summed E-state index contributed by atoms with van der Waals surface area (Å²) in [4.78, 5) is 7.76. The predicted molar refractivity (Wildman–Crippen MR) is 56.3 cm³/mol. The van der Waals surface area contributed by atoms with Crippen LogP contribution in [0.15, 0.2) is 18.7 Å². The van der Waals surface area contributed by atoms with Crippen molar-refractivity contribution in [2.75, 3.05) is 12.8 Å². The molecule has 0 fully saturated rings. The number of nitrogen functional groups attached to an aromatic ring is 1. The van der Waals surface area contributed by atoms with Gasteiger partial charge in [-0.05, 0) is 0 Å². The Hall–Kier alpha value is -2.31. The van der Waals surface area contributed by atoms with Gasteiger partial charge in [0.1, 0.15) is 6.33 Å². The van der Waals surface area contributed by atoms with Crippen LogP contribution in [-0.4, -0.2) is 26.9 Å². The number of aromatic nitrogens is 4. The van der Waals surface area contributed by atoms with Crippen LogP contribution in [0.3, 0.4) is 0 Å². The summed E-state index contributed by atoms with van der Waals surface area (Å²) in [5, 5.41) is 3.96. The van der Waals surface area contributed by atoms with Crippen molar-refractivity contribution in [3.63, 3.8) is 0 Å². The topological polar surface area (TPSA) is 88.1 Å². The smallest absolute Gasteiger partial charge is 0.250 e. The van der Waals surface area contributed by atoms with Gasteiger partial charge in [0.2, 0.25) is 11.8 Å². The zero-order valence-corrected chi connectivity index (χ0v) is 8.91. The van der Waals surface area contributed by atoms with Crippen LogP contribution in [0, 0.1) is 0 Å². The molecule has 0 amide bonds. The molecule has 0 radical (unpaired) electrons. The van der Waals surface area contributed by atoms with E-state index >= 15 is 0 Å². The van der Waals surface area contributed by atoms with Crippen LogP contribution in [0.5, 0.6) is 17.5 Å². The molecule has 2 aromatic heterocycles. The Morgan fingerprint density at radius 3 is 2.69 bits per heavy atom. The summed E-state index contributed by atoms with van der Waals surface area (Å²) in [6.07, 6.45) is 4.59. The molecule has 0 unspecified atom stereocenters. The zero-order chi connectivity index (χ0) is 11.5. The SMILES string of the molecule is COc1ncnc(Oc2cnn(C)c2)c1N. The molecular formula is C9H11N5O2. The number of rotatable bonds is 3. The van der Waals surface area contributed by atoms with Gasteiger partial charge in [-0.3, -0.25) is 4.68 Å². The van der Waals surface area contributed by atoms with Gasteiger partial charge >= 0.3 is 0 Å². The maximum atomic E-state index is 5.75. The van der Waals surface area contributed by atoms with Gasteiger partial charge in [-0.25, -0.2) is 0 Å². The first kappa shape index (κ1) is 10.2. The van der Waals surface area contributed by atoms with Crippen molar-refractivity contribution < 1.29 is 9.47 Å². The lowest BCUT2D eigenvalue weighted by atomic mass is 10.5. The minimum absolute atomic E-state index is 0.250. The Morgan fingerprint density at radius 2 is 2.06 bits per heavy atom. The largest absolute Gasteiger partial charge is 0.479 e. The maximum Gasteiger partial charge on any atom is 0.250 e. The normalized spacial score (nSPS) is 10.1. The summed E-state index contributed by atoms with van der Waals surface area (Å²) in [5.41, 5.74) is 6.00. The second-order valence-electron chi connectivity index (χ2n) is 3.05. The molecule has 0 aliphatic heterocycles. The molecular weight excluding hydrogens is 210 g/mol. The Labute approximate surface area is 91.8 Å². The molecule has 7 nitrogen and oxygen atoms in total. The van der Waals surface area contributed by atoms with Crippen molar-refractivity contribution in [1.29, 1.82) is 0 Å². The summed E-state index contributed by atoms with van der Waals surface area (Å²) < 4.78 is 12.0. The molecule has 2 heterocycles. The van der Waals surface area contributed by atoms with E-state index in [1.165, 1.54) is 13.4 Å². The van der Waals surface area contributed by atoms with Crippen molar-refractivity contribution in [3.05, 3.63) is 18.7 Å². The van der Waals surface area contributed by atoms with E-state index in [0.717, 1.165) is 0 Å². The van der Waals surface area contributed by atoms with Gasteiger partial charge in [-0.15, -0.1) is 0 Å². The van der Waals surface area contributed by atoms with Crippen molar-refractivity contribution in [1.82, 2.24) is 19.7 Å². The number of nitrogens with zero attached hydrogens (tertiary/aromatic N) is 4. The lowest BCUT2D eigenvalue weighted by Crippen LogP contribution is -2.00. The number of aryl methyl sites for hydroxylation is 1. The van der Waals surface area contributed by atoms with E-state index in [0.29, 0.717) is 5.75 Å². The average Bonchev–Trinajstić information content (AvgIpc) is 2.67. The van der Waals surface area contributed by atoms with Gasteiger partial charge in [-0.2, -0.15) is 15.1 Å². The third-order valence-corrected chi connectivity index (χ3v) is 1.90. The highest BCUT2D eigenvalue weighted by Crippen LogP contribution is 2.29. The minimum Gasteiger partial charge on any atom is -0.479 e. The van der Waals surface area contributed by atoms with Gasteiger partial charge in [0.05, 0.1) is 19.5 Å². The van der Waals surface area contributed by atoms with Crippen molar-refractivity contribution >= 4 is 5.69 Å². The second-order valence-corrected chi connectivity index (χ2v) is 3.05. The number of ether oxygens (including phenoxy) is 2. The molecule has 0 aliphatic carbocycles. The molecule has 84 valence electrons. The predicted octanol–water partition coefficient (Wildman–Crippen LogP) is 0.593. The molecule has 2 rings (SSSR count). The molecule has 7 heteroatoms. The summed E-state index contributed by atoms with van der Waals surface area (Å²) in [6, 6.07) is 0. The third kappa shape index (κ3) is 1.88. The van der Waals surface area contributed by atoms with Gasteiger partial charge in [-0.1, -0.05) is 0 Å². The fraction of sp³-hybridized carbons (Fsp3) is 0.222. The highest BCUT2D eigenvalue weighted by atomic mass is 16.5. The molecule has 2 aromatic rings. The summed E-state index contributed by atoms with van der Waals surface area (Å²) >= 11 is 0. The van der Waals surface area contributed by atoms with Crippen molar-refractivity contribution in [2.45, 2.75) is 0 Å². The fourth-order valence-electron chi connectivity index (χ4n) is 1.17. The standard InChI is InChI=1S/C9H11N5O2/c1-14-4-6(3-13-14)16-9-7(10)8(15-2)11-5-12-9/h3-5H,10H2,1-2H3. The summed E-state index contributed by atoms with van der Waals surface area (Å²) in [5.74, 6) is 1.09. The van der Waals surface area contributed by atoms with Crippen LogP contribution >= 0.6 is 0 Å². The van der Waals surface area contributed by atoms with E-state index in [-0.39, 0.29) is 17.4 Å². The lowest BCUT2D eigenvalue weighted by Gasteiger charge is -2.07. The maximum absolute atomic E-state index is 5.75. The number of hydrogen-bond donors (Lipinski definition) is 1.